The molecule has 0 radical (unpaired) electrons. The van der Waals surface area contributed by atoms with Crippen LogP contribution in [0.15, 0.2) is 83.0 Å². The Morgan fingerprint density at radius 1 is 0.625 bits per heavy atom. The van der Waals surface area contributed by atoms with Crippen LogP contribution in [0.2, 0.25) is 0 Å². The molecular weight excluding hydrogens is 296 g/mol. The molecule has 0 saturated carbocycles. The number of aryl methyl sites for hydroxylation is 1. The van der Waals surface area contributed by atoms with Crippen molar-refractivity contribution in [3.8, 4) is 5.75 Å². The highest BCUT2D eigenvalue weighted by Crippen LogP contribution is 2.43. The van der Waals surface area contributed by atoms with Crippen molar-refractivity contribution in [3.05, 3.63) is 78.4 Å². The molecule has 4 aromatic rings. The van der Waals surface area contributed by atoms with Gasteiger partial charge < -0.3 is 5.11 Å². The van der Waals surface area contributed by atoms with E-state index in [1.165, 1.54) is 0 Å². The molecule has 3 nitrogen and oxygen atoms in total. The van der Waals surface area contributed by atoms with Gasteiger partial charge in [0, 0.05) is 10.8 Å². The van der Waals surface area contributed by atoms with Gasteiger partial charge in [0.1, 0.15) is 5.69 Å². The number of benzene rings is 4. The lowest BCUT2D eigenvalue weighted by atomic mass is 9.99. The first-order chi connectivity index (χ1) is 11.8. The molecule has 0 aromatic heterocycles. The fourth-order valence-corrected chi connectivity index (χ4v) is 2.98. The second kappa shape index (κ2) is 5.78. The topological polar surface area (TPSA) is 45.0 Å². The minimum Gasteiger partial charge on any atom is -0.505 e. The van der Waals surface area contributed by atoms with Crippen molar-refractivity contribution < 1.29 is 5.11 Å². The second-order valence-corrected chi connectivity index (χ2v) is 5.77. The van der Waals surface area contributed by atoms with Crippen molar-refractivity contribution in [2.75, 3.05) is 0 Å². The number of rotatable bonds is 2. The molecule has 4 aromatic carbocycles. The molecule has 0 amide bonds. The minimum absolute atomic E-state index is 0.168. The van der Waals surface area contributed by atoms with E-state index in [1.54, 1.807) is 0 Å². The largest absolute Gasteiger partial charge is 0.505 e. The van der Waals surface area contributed by atoms with E-state index in [0.29, 0.717) is 5.69 Å². The number of phenols is 1. The Morgan fingerprint density at radius 3 is 1.88 bits per heavy atom. The van der Waals surface area contributed by atoms with Crippen LogP contribution in [0.3, 0.4) is 0 Å². The molecule has 0 bridgehead atoms. The standard InChI is InChI=1S/C21H16N2O/c1-14-8-2-7-13-19(14)22-23-20-17-11-5-3-9-15(17)16-10-4-6-12-18(16)21(20)24/h2-13,24H,1H3. The predicted molar refractivity (Wildman–Crippen MR) is 98.5 cm³/mol. The zero-order chi connectivity index (χ0) is 16.5. The van der Waals surface area contributed by atoms with Gasteiger partial charge >= 0.3 is 0 Å². The molecule has 0 heterocycles. The molecule has 1 N–H and O–H groups in total. The van der Waals surface area contributed by atoms with Crippen molar-refractivity contribution in [2.45, 2.75) is 6.92 Å². The van der Waals surface area contributed by atoms with Crippen LogP contribution in [0, 0.1) is 6.92 Å². The van der Waals surface area contributed by atoms with Crippen LogP contribution in [0.25, 0.3) is 21.5 Å². The summed E-state index contributed by atoms with van der Waals surface area (Å²) in [5.41, 5.74) is 2.35. The molecule has 24 heavy (non-hydrogen) atoms. The molecule has 0 aliphatic heterocycles. The quantitative estimate of drug-likeness (QED) is 0.337. The summed E-state index contributed by atoms with van der Waals surface area (Å²) in [5, 5.41) is 23.2. The second-order valence-electron chi connectivity index (χ2n) is 5.77. The van der Waals surface area contributed by atoms with E-state index >= 15 is 0 Å². The number of hydrogen-bond donors (Lipinski definition) is 1. The van der Waals surface area contributed by atoms with Crippen LogP contribution in [-0.2, 0) is 0 Å². The summed E-state index contributed by atoms with van der Waals surface area (Å²) >= 11 is 0. The zero-order valence-electron chi connectivity index (χ0n) is 13.3. The third kappa shape index (κ3) is 2.31. The van der Waals surface area contributed by atoms with E-state index in [-0.39, 0.29) is 5.75 Å². The fourth-order valence-electron chi connectivity index (χ4n) is 2.98. The molecule has 116 valence electrons. The third-order valence-corrected chi connectivity index (χ3v) is 4.25. The summed E-state index contributed by atoms with van der Waals surface area (Å²) in [4.78, 5) is 0. The summed E-state index contributed by atoms with van der Waals surface area (Å²) in [6.07, 6.45) is 0. The van der Waals surface area contributed by atoms with Gasteiger partial charge in [-0.15, -0.1) is 5.11 Å². The molecule has 0 atom stereocenters. The molecular formula is C21H16N2O. The molecule has 0 saturated heterocycles. The normalized spacial score (nSPS) is 11.5. The maximum absolute atomic E-state index is 10.7. The van der Waals surface area contributed by atoms with Crippen LogP contribution in [0.1, 0.15) is 5.56 Å². The summed E-state index contributed by atoms with van der Waals surface area (Å²) in [7, 11) is 0. The van der Waals surface area contributed by atoms with Crippen molar-refractivity contribution >= 4 is 32.9 Å². The maximum atomic E-state index is 10.7. The smallest absolute Gasteiger partial charge is 0.151 e. The Kier molecular flexibility index (Phi) is 3.47. The monoisotopic (exact) mass is 312 g/mol. The van der Waals surface area contributed by atoms with Crippen LogP contribution >= 0.6 is 0 Å². The molecule has 0 fully saturated rings. The van der Waals surface area contributed by atoms with Crippen molar-refractivity contribution in [2.24, 2.45) is 10.2 Å². The molecule has 0 aliphatic carbocycles. The first-order valence-corrected chi connectivity index (χ1v) is 7.85. The Bertz CT molecular complexity index is 1080. The SMILES string of the molecule is Cc1ccccc1N=Nc1c(O)c2ccccc2c2ccccc12. The highest BCUT2D eigenvalue weighted by Gasteiger charge is 2.13. The first-order valence-electron chi connectivity index (χ1n) is 7.85. The number of nitrogens with zero attached hydrogens (tertiary/aromatic N) is 2. The zero-order valence-corrected chi connectivity index (χ0v) is 13.3. The maximum Gasteiger partial charge on any atom is 0.151 e. The Hall–Kier alpha value is -3.20. The van der Waals surface area contributed by atoms with Crippen molar-refractivity contribution in [1.29, 1.82) is 0 Å². The van der Waals surface area contributed by atoms with Gasteiger partial charge in [-0.05, 0) is 29.3 Å². The fraction of sp³-hybridized carbons (Fsp3) is 0.0476. The molecule has 4 rings (SSSR count). The van der Waals surface area contributed by atoms with E-state index in [9.17, 15) is 5.11 Å². The van der Waals surface area contributed by atoms with Crippen molar-refractivity contribution in [1.82, 2.24) is 0 Å². The van der Waals surface area contributed by atoms with Gasteiger partial charge in [0.15, 0.2) is 5.75 Å². The van der Waals surface area contributed by atoms with E-state index in [2.05, 4.69) is 10.2 Å². The van der Waals surface area contributed by atoms with Crippen LogP contribution < -0.4 is 0 Å². The van der Waals surface area contributed by atoms with E-state index in [1.807, 2.05) is 79.7 Å². The summed E-state index contributed by atoms with van der Waals surface area (Å²) in [5.74, 6) is 0.168. The van der Waals surface area contributed by atoms with Crippen molar-refractivity contribution in [3.63, 3.8) is 0 Å². The summed E-state index contributed by atoms with van der Waals surface area (Å²) < 4.78 is 0. The summed E-state index contributed by atoms with van der Waals surface area (Å²) in [6.45, 7) is 1.99. The molecule has 0 unspecified atom stereocenters. The highest BCUT2D eigenvalue weighted by molar-refractivity contribution is 6.15. The van der Waals surface area contributed by atoms with Gasteiger partial charge in [-0.1, -0.05) is 66.7 Å². The van der Waals surface area contributed by atoms with Crippen LogP contribution in [-0.4, -0.2) is 5.11 Å². The Morgan fingerprint density at radius 2 is 1.17 bits per heavy atom. The van der Waals surface area contributed by atoms with Gasteiger partial charge in [-0.25, -0.2) is 0 Å². The van der Waals surface area contributed by atoms with Gasteiger partial charge in [-0.3, -0.25) is 0 Å². The van der Waals surface area contributed by atoms with Gasteiger partial charge in [-0.2, -0.15) is 5.11 Å². The lowest BCUT2D eigenvalue weighted by molar-refractivity contribution is 0.483. The lowest BCUT2D eigenvalue weighted by Gasteiger charge is -2.09. The minimum atomic E-state index is 0.168. The lowest BCUT2D eigenvalue weighted by Crippen LogP contribution is -1.81. The number of aromatic hydroxyl groups is 1. The van der Waals surface area contributed by atoms with Crippen LogP contribution in [0.4, 0.5) is 11.4 Å². The van der Waals surface area contributed by atoms with Gasteiger partial charge in [0.05, 0.1) is 5.69 Å². The van der Waals surface area contributed by atoms with E-state index < -0.39 is 0 Å². The summed E-state index contributed by atoms with van der Waals surface area (Å²) in [6, 6.07) is 23.6. The van der Waals surface area contributed by atoms with E-state index in [0.717, 1.165) is 32.8 Å². The molecule has 0 spiro atoms. The predicted octanol–water partition coefficient (Wildman–Crippen LogP) is 6.42. The average Bonchev–Trinajstić information content (AvgIpc) is 2.63. The Balaban J connectivity index is 2.00. The molecule has 0 aliphatic rings. The number of hydrogen-bond acceptors (Lipinski definition) is 3. The Labute approximate surface area is 139 Å². The number of phenolic OH excluding ortho intramolecular Hbond substituents is 1. The van der Waals surface area contributed by atoms with Crippen LogP contribution in [0.5, 0.6) is 5.75 Å². The van der Waals surface area contributed by atoms with Gasteiger partial charge in [0.25, 0.3) is 0 Å². The van der Waals surface area contributed by atoms with Gasteiger partial charge in [0.2, 0.25) is 0 Å². The first kappa shape index (κ1) is 14.4. The number of azo groups is 1. The van der Waals surface area contributed by atoms with E-state index in [4.69, 9.17) is 0 Å². The average molecular weight is 312 g/mol. The highest BCUT2D eigenvalue weighted by atomic mass is 16.3. The number of fused-ring (bicyclic) bond motifs is 3. The molecule has 3 heteroatoms. The third-order valence-electron chi connectivity index (χ3n) is 4.25.